The Labute approximate surface area is 142 Å². The number of ether oxygens (including phenoxy) is 2. The molecule has 2 N–H and O–H groups in total. The van der Waals surface area contributed by atoms with Crippen LogP contribution in [0.4, 0.5) is 5.69 Å². The predicted octanol–water partition coefficient (Wildman–Crippen LogP) is 4.14. The Morgan fingerprint density at radius 1 is 1.09 bits per heavy atom. The van der Waals surface area contributed by atoms with Crippen molar-refractivity contribution in [3.8, 4) is 11.5 Å². The van der Waals surface area contributed by atoms with Crippen molar-refractivity contribution in [2.75, 3.05) is 19.5 Å². The van der Waals surface area contributed by atoms with E-state index in [-0.39, 0.29) is 6.04 Å². The van der Waals surface area contributed by atoms with Crippen LogP contribution in [0.2, 0.25) is 0 Å². The maximum atomic E-state index is 5.44. The van der Waals surface area contributed by atoms with Crippen LogP contribution in [0.15, 0.2) is 48.5 Å². The second-order valence-corrected chi connectivity index (χ2v) is 5.44. The zero-order valence-electron chi connectivity index (χ0n) is 13.6. The SMILES string of the molecule is CCC(NC(=S)Nc1ccc(OC)cc1OC)c1ccccc1. The van der Waals surface area contributed by atoms with Crippen LogP contribution in [-0.4, -0.2) is 19.3 Å². The van der Waals surface area contributed by atoms with Crippen LogP contribution in [-0.2, 0) is 0 Å². The average molecular weight is 330 g/mol. The first-order chi connectivity index (χ1) is 11.2. The number of hydrogen-bond donors (Lipinski definition) is 2. The van der Waals surface area contributed by atoms with Crippen LogP contribution in [0.1, 0.15) is 24.9 Å². The standard InChI is InChI=1S/C18H22N2O2S/c1-4-15(13-8-6-5-7-9-13)19-18(23)20-16-11-10-14(21-2)12-17(16)22-3/h5-12,15H,4H2,1-3H3,(H2,19,20,23). The molecule has 1 unspecified atom stereocenters. The molecule has 0 aliphatic carbocycles. The summed E-state index contributed by atoms with van der Waals surface area (Å²) in [6.07, 6.45) is 0.936. The topological polar surface area (TPSA) is 42.5 Å². The molecule has 0 saturated carbocycles. The number of benzene rings is 2. The molecule has 0 aromatic heterocycles. The minimum atomic E-state index is 0.167. The molecular formula is C18H22N2O2S. The highest BCUT2D eigenvalue weighted by atomic mass is 32.1. The second kappa shape index (κ2) is 8.39. The van der Waals surface area contributed by atoms with Crippen molar-refractivity contribution in [2.24, 2.45) is 0 Å². The normalized spacial score (nSPS) is 11.4. The number of rotatable bonds is 6. The van der Waals surface area contributed by atoms with Crippen molar-refractivity contribution in [3.63, 3.8) is 0 Å². The molecule has 0 aliphatic heterocycles. The Balaban J connectivity index is 2.07. The molecule has 2 aromatic rings. The summed E-state index contributed by atoms with van der Waals surface area (Å²) in [6, 6.07) is 16.0. The molecule has 23 heavy (non-hydrogen) atoms. The lowest BCUT2D eigenvalue weighted by Crippen LogP contribution is -2.32. The van der Waals surface area contributed by atoms with Gasteiger partial charge in [-0.3, -0.25) is 0 Å². The Bertz CT molecular complexity index is 647. The van der Waals surface area contributed by atoms with E-state index in [4.69, 9.17) is 21.7 Å². The molecule has 0 saturated heterocycles. The fraction of sp³-hybridized carbons (Fsp3) is 0.278. The summed E-state index contributed by atoms with van der Waals surface area (Å²) >= 11 is 5.44. The van der Waals surface area contributed by atoms with Crippen LogP contribution in [0.25, 0.3) is 0 Å². The van der Waals surface area contributed by atoms with Crippen LogP contribution in [0.3, 0.4) is 0 Å². The lowest BCUT2D eigenvalue weighted by Gasteiger charge is -2.21. The van der Waals surface area contributed by atoms with Gasteiger partial charge < -0.3 is 20.1 Å². The first-order valence-electron chi connectivity index (χ1n) is 7.52. The predicted molar refractivity (Wildman–Crippen MR) is 98.4 cm³/mol. The van der Waals surface area contributed by atoms with E-state index in [9.17, 15) is 0 Å². The Kier molecular flexibility index (Phi) is 6.23. The number of nitrogens with one attached hydrogen (secondary N) is 2. The van der Waals surface area contributed by atoms with Gasteiger partial charge in [0.05, 0.1) is 25.9 Å². The maximum absolute atomic E-state index is 5.44. The largest absolute Gasteiger partial charge is 0.497 e. The van der Waals surface area contributed by atoms with Gasteiger partial charge in [-0.15, -0.1) is 0 Å². The number of thiocarbonyl (C=S) groups is 1. The third-order valence-corrected chi connectivity index (χ3v) is 3.79. The minimum absolute atomic E-state index is 0.167. The molecule has 0 spiro atoms. The van der Waals surface area contributed by atoms with E-state index in [0.717, 1.165) is 17.9 Å². The van der Waals surface area contributed by atoms with Crippen molar-refractivity contribution in [1.82, 2.24) is 5.32 Å². The van der Waals surface area contributed by atoms with Gasteiger partial charge in [0, 0.05) is 6.07 Å². The van der Waals surface area contributed by atoms with Crippen LogP contribution < -0.4 is 20.1 Å². The first kappa shape index (κ1) is 17.1. The zero-order chi connectivity index (χ0) is 16.7. The highest BCUT2D eigenvalue weighted by molar-refractivity contribution is 7.80. The van der Waals surface area contributed by atoms with E-state index in [1.165, 1.54) is 5.56 Å². The minimum Gasteiger partial charge on any atom is -0.497 e. The van der Waals surface area contributed by atoms with Crippen molar-refractivity contribution < 1.29 is 9.47 Å². The van der Waals surface area contributed by atoms with E-state index in [1.807, 2.05) is 36.4 Å². The molecular weight excluding hydrogens is 308 g/mol. The fourth-order valence-electron chi connectivity index (χ4n) is 2.32. The van der Waals surface area contributed by atoms with Crippen LogP contribution in [0.5, 0.6) is 11.5 Å². The monoisotopic (exact) mass is 330 g/mol. The highest BCUT2D eigenvalue weighted by Crippen LogP contribution is 2.29. The first-order valence-corrected chi connectivity index (χ1v) is 7.93. The van der Waals surface area contributed by atoms with Gasteiger partial charge in [-0.2, -0.15) is 0 Å². The molecule has 0 radical (unpaired) electrons. The van der Waals surface area contributed by atoms with Gasteiger partial charge in [0.15, 0.2) is 5.11 Å². The Morgan fingerprint density at radius 3 is 2.43 bits per heavy atom. The molecule has 122 valence electrons. The Morgan fingerprint density at radius 2 is 1.83 bits per heavy atom. The summed E-state index contributed by atoms with van der Waals surface area (Å²) in [5, 5.41) is 7.09. The van der Waals surface area contributed by atoms with E-state index in [1.54, 1.807) is 14.2 Å². The molecule has 0 fully saturated rings. The van der Waals surface area contributed by atoms with Gasteiger partial charge in [-0.05, 0) is 36.3 Å². The molecule has 2 aromatic carbocycles. The number of methoxy groups -OCH3 is 2. The summed E-state index contributed by atoms with van der Waals surface area (Å²) in [7, 11) is 3.25. The van der Waals surface area contributed by atoms with E-state index in [2.05, 4.69) is 29.7 Å². The number of anilines is 1. The van der Waals surface area contributed by atoms with Gasteiger partial charge in [0.2, 0.25) is 0 Å². The maximum Gasteiger partial charge on any atom is 0.171 e. The van der Waals surface area contributed by atoms with Crippen molar-refractivity contribution in [3.05, 3.63) is 54.1 Å². The summed E-state index contributed by atoms with van der Waals surface area (Å²) in [4.78, 5) is 0. The summed E-state index contributed by atoms with van der Waals surface area (Å²) in [5.41, 5.74) is 2.01. The lowest BCUT2D eigenvalue weighted by molar-refractivity contribution is 0.395. The molecule has 0 aliphatic rings. The zero-order valence-corrected chi connectivity index (χ0v) is 14.4. The molecule has 0 amide bonds. The van der Waals surface area contributed by atoms with Crippen LogP contribution in [0, 0.1) is 0 Å². The van der Waals surface area contributed by atoms with Crippen molar-refractivity contribution in [1.29, 1.82) is 0 Å². The second-order valence-electron chi connectivity index (χ2n) is 5.04. The van der Waals surface area contributed by atoms with Gasteiger partial charge in [-0.25, -0.2) is 0 Å². The molecule has 2 rings (SSSR count). The Hall–Kier alpha value is -2.27. The van der Waals surface area contributed by atoms with Crippen LogP contribution >= 0.6 is 12.2 Å². The molecule has 0 heterocycles. The van der Waals surface area contributed by atoms with E-state index >= 15 is 0 Å². The van der Waals surface area contributed by atoms with Crippen molar-refractivity contribution in [2.45, 2.75) is 19.4 Å². The summed E-state index contributed by atoms with van der Waals surface area (Å²) in [6.45, 7) is 2.13. The molecule has 4 nitrogen and oxygen atoms in total. The average Bonchev–Trinajstić information content (AvgIpc) is 2.60. The lowest BCUT2D eigenvalue weighted by atomic mass is 10.1. The number of hydrogen-bond acceptors (Lipinski definition) is 3. The summed E-state index contributed by atoms with van der Waals surface area (Å²) < 4.78 is 10.6. The summed E-state index contributed by atoms with van der Waals surface area (Å²) in [5.74, 6) is 1.42. The van der Waals surface area contributed by atoms with Gasteiger partial charge >= 0.3 is 0 Å². The highest BCUT2D eigenvalue weighted by Gasteiger charge is 2.12. The molecule has 0 bridgehead atoms. The van der Waals surface area contributed by atoms with Gasteiger partial charge in [-0.1, -0.05) is 37.3 Å². The van der Waals surface area contributed by atoms with Gasteiger partial charge in [0.25, 0.3) is 0 Å². The third kappa shape index (κ3) is 4.60. The van der Waals surface area contributed by atoms with E-state index < -0.39 is 0 Å². The van der Waals surface area contributed by atoms with Gasteiger partial charge in [0.1, 0.15) is 11.5 Å². The molecule has 1 atom stereocenters. The fourth-order valence-corrected chi connectivity index (χ4v) is 2.58. The third-order valence-electron chi connectivity index (χ3n) is 3.57. The van der Waals surface area contributed by atoms with Crippen molar-refractivity contribution >= 4 is 23.0 Å². The quantitative estimate of drug-likeness (QED) is 0.779. The smallest absolute Gasteiger partial charge is 0.171 e. The van der Waals surface area contributed by atoms with E-state index in [0.29, 0.717) is 10.9 Å². The molecule has 5 heteroatoms.